The standard InChI is InChI=1S/C22H22N6O/c29-22-19(21-25-15-3-1-2-4-16(15)26-21)20(14-5-8-23-11-17(14)27-22)24-18-12-28-9-6-13(18)7-10-28/h1-5,8,11,13,18H,6-7,9-10,12H2,(H,25,26)(H2,24,27,29)/t18-/m0/s1. The summed E-state index contributed by atoms with van der Waals surface area (Å²) in [6.07, 6.45) is 5.90. The van der Waals surface area contributed by atoms with Crippen molar-refractivity contribution in [1.82, 2.24) is 24.8 Å². The van der Waals surface area contributed by atoms with Gasteiger partial charge in [-0.3, -0.25) is 9.78 Å². The minimum atomic E-state index is -0.159. The van der Waals surface area contributed by atoms with Gasteiger partial charge in [0.25, 0.3) is 5.56 Å². The fourth-order valence-electron chi connectivity index (χ4n) is 4.91. The maximum absolute atomic E-state index is 13.1. The second kappa shape index (κ2) is 6.42. The maximum atomic E-state index is 13.1. The summed E-state index contributed by atoms with van der Waals surface area (Å²) in [6.45, 7) is 3.38. The molecule has 3 fully saturated rings. The summed E-state index contributed by atoms with van der Waals surface area (Å²) in [4.78, 5) is 30.9. The van der Waals surface area contributed by atoms with Gasteiger partial charge in [-0.05, 0) is 50.0 Å². The first kappa shape index (κ1) is 16.7. The number of benzene rings is 1. The molecule has 0 unspecified atom stereocenters. The minimum Gasteiger partial charge on any atom is -0.379 e. The molecule has 2 bridgehead atoms. The van der Waals surface area contributed by atoms with Crippen molar-refractivity contribution >= 4 is 27.6 Å². The maximum Gasteiger partial charge on any atom is 0.261 e. The van der Waals surface area contributed by atoms with E-state index in [1.54, 1.807) is 12.4 Å². The zero-order valence-electron chi connectivity index (χ0n) is 16.0. The Labute approximate surface area is 167 Å². The number of H-pyrrole nitrogens is 2. The summed E-state index contributed by atoms with van der Waals surface area (Å²) in [5.41, 5.74) is 3.77. The number of para-hydroxylation sites is 2. The van der Waals surface area contributed by atoms with Crippen molar-refractivity contribution in [3.8, 4) is 11.4 Å². The second-order valence-corrected chi connectivity index (χ2v) is 8.12. The molecule has 146 valence electrons. The lowest BCUT2D eigenvalue weighted by Gasteiger charge is -2.45. The fraction of sp³-hybridized carbons (Fsp3) is 0.318. The minimum absolute atomic E-state index is 0.159. The van der Waals surface area contributed by atoms with Crippen molar-refractivity contribution in [2.75, 3.05) is 25.0 Å². The molecule has 7 heteroatoms. The van der Waals surface area contributed by atoms with Crippen LogP contribution in [0.3, 0.4) is 0 Å². The lowest BCUT2D eigenvalue weighted by Crippen LogP contribution is -2.53. The fourth-order valence-corrected chi connectivity index (χ4v) is 4.91. The molecule has 0 aliphatic carbocycles. The molecule has 7 nitrogen and oxygen atoms in total. The highest BCUT2D eigenvalue weighted by Gasteiger charge is 2.35. The van der Waals surface area contributed by atoms with E-state index in [2.05, 4.69) is 25.2 Å². The van der Waals surface area contributed by atoms with Crippen LogP contribution in [0.2, 0.25) is 0 Å². The topological polar surface area (TPSA) is 89.7 Å². The molecule has 3 saturated heterocycles. The normalized spacial score (nSPS) is 23.7. The average Bonchev–Trinajstić information content (AvgIpc) is 3.18. The molecule has 29 heavy (non-hydrogen) atoms. The van der Waals surface area contributed by atoms with Gasteiger partial charge in [-0.2, -0.15) is 0 Å². The van der Waals surface area contributed by atoms with Crippen molar-refractivity contribution in [3.63, 3.8) is 0 Å². The highest BCUT2D eigenvalue weighted by Crippen LogP contribution is 2.35. The van der Waals surface area contributed by atoms with Gasteiger partial charge in [-0.15, -0.1) is 0 Å². The summed E-state index contributed by atoms with van der Waals surface area (Å²) in [6, 6.07) is 10.1. The number of nitrogens with zero attached hydrogens (tertiary/aromatic N) is 3. The molecule has 0 spiro atoms. The molecule has 7 rings (SSSR count). The number of aromatic amines is 2. The predicted molar refractivity (Wildman–Crippen MR) is 114 cm³/mol. The summed E-state index contributed by atoms with van der Waals surface area (Å²) in [7, 11) is 0. The van der Waals surface area contributed by atoms with Gasteiger partial charge in [-0.1, -0.05) is 12.1 Å². The van der Waals surface area contributed by atoms with Crippen LogP contribution >= 0.6 is 0 Å². The Bertz CT molecular complexity index is 1230. The van der Waals surface area contributed by atoms with Crippen LogP contribution in [0.25, 0.3) is 33.3 Å². The summed E-state index contributed by atoms with van der Waals surface area (Å²) in [5, 5.41) is 4.72. The number of nitrogens with one attached hydrogen (secondary N) is 3. The summed E-state index contributed by atoms with van der Waals surface area (Å²) >= 11 is 0. The van der Waals surface area contributed by atoms with E-state index in [4.69, 9.17) is 4.98 Å². The van der Waals surface area contributed by atoms with E-state index in [-0.39, 0.29) is 5.56 Å². The summed E-state index contributed by atoms with van der Waals surface area (Å²) in [5.74, 6) is 1.23. The Morgan fingerprint density at radius 3 is 2.72 bits per heavy atom. The number of anilines is 1. The van der Waals surface area contributed by atoms with Crippen molar-refractivity contribution in [1.29, 1.82) is 0 Å². The molecule has 3 N–H and O–H groups in total. The van der Waals surface area contributed by atoms with Gasteiger partial charge in [0, 0.05) is 24.2 Å². The number of fused-ring (bicyclic) bond motifs is 5. The lowest BCUT2D eigenvalue weighted by atomic mass is 9.83. The molecule has 3 aliphatic rings. The van der Waals surface area contributed by atoms with Crippen LogP contribution in [0.4, 0.5) is 5.69 Å². The largest absolute Gasteiger partial charge is 0.379 e. The molecule has 0 radical (unpaired) electrons. The number of pyridine rings is 2. The molecule has 1 atom stereocenters. The van der Waals surface area contributed by atoms with E-state index in [1.807, 2.05) is 30.3 Å². The van der Waals surface area contributed by atoms with Crippen molar-refractivity contribution < 1.29 is 0 Å². The monoisotopic (exact) mass is 386 g/mol. The summed E-state index contributed by atoms with van der Waals surface area (Å²) < 4.78 is 0. The van der Waals surface area contributed by atoms with Crippen LogP contribution in [0.15, 0.2) is 47.5 Å². The molecular formula is C22H22N6O. The lowest BCUT2D eigenvalue weighted by molar-refractivity contribution is 0.0976. The van der Waals surface area contributed by atoms with Gasteiger partial charge < -0.3 is 20.2 Å². The Hall–Kier alpha value is -3.19. The molecule has 1 aromatic carbocycles. The van der Waals surface area contributed by atoms with E-state index in [1.165, 1.54) is 25.9 Å². The Morgan fingerprint density at radius 1 is 1.07 bits per heavy atom. The third-order valence-corrected chi connectivity index (χ3v) is 6.43. The van der Waals surface area contributed by atoms with Crippen LogP contribution in [0, 0.1) is 5.92 Å². The first-order valence-corrected chi connectivity index (χ1v) is 10.2. The molecule has 3 aliphatic heterocycles. The quantitative estimate of drug-likeness (QED) is 0.504. The van der Waals surface area contributed by atoms with Crippen molar-refractivity contribution in [2.24, 2.45) is 5.92 Å². The molecule has 0 amide bonds. The Morgan fingerprint density at radius 2 is 1.93 bits per heavy atom. The van der Waals surface area contributed by atoms with E-state index < -0.39 is 0 Å². The third kappa shape index (κ3) is 2.73. The van der Waals surface area contributed by atoms with E-state index in [0.29, 0.717) is 23.3 Å². The van der Waals surface area contributed by atoms with Crippen LogP contribution < -0.4 is 10.9 Å². The molecule has 0 saturated carbocycles. The third-order valence-electron chi connectivity index (χ3n) is 6.43. The van der Waals surface area contributed by atoms with Crippen LogP contribution in [-0.4, -0.2) is 50.5 Å². The number of hydrogen-bond donors (Lipinski definition) is 3. The van der Waals surface area contributed by atoms with Crippen molar-refractivity contribution in [2.45, 2.75) is 18.9 Å². The Balaban J connectivity index is 1.55. The van der Waals surface area contributed by atoms with E-state index in [0.717, 1.165) is 34.2 Å². The molecule has 4 aromatic rings. The average molecular weight is 386 g/mol. The van der Waals surface area contributed by atoms with Gasteiger partial charge in [0.05, 0.1) is 28.4 Å². The van der Waals surface area contributed by atoms with Gasteiger partial charge in [0.1, 0.15) is 11.4 Å². The van der Waals surface area contributed by atoms with Crippen LogP contribution in [0.5, 0.6) is 0 Å². The number of hydrogen-bond acceptors (Lipinski definition) is 5. The van der Waals surface area contributed by atoms with Gasteiger partial charge in [-0.25, -0.2) is 4.98 Å². The van der Waals surface area contributed by atoms with Crippen molar-refractivity contribution in [3.05, 3.63) is 53.1 Å². The van der Waals surface area contributed by atoms with Crippen LogP contribution in [0.1, 0.15) is 12.8 Å². The van der Waals surface area contributed by atoms with Gasteiger partial charge in [0.2, 0.25) is 0 Å². The first-order chi connectivity index (χ1) is 14.3. The SMILES string of the molecule is O=c1[nH]c2cnccc2c(N[C@H]2CN3CCC2CC3)c1-c1nc2ccccc2[nH]1. The van der Waals surface area contributed by atoms with E-state index in [9.17, 15) is 4.79 Å². The van der Waals surface area contributed by atoms with Gasteiger partial charge >= 0.3 is 0 Å². The van der Waals surface area contributed by atoms with Gasteiger partial charge in [0.15, 0.2) is 0 Å². The van der Waals surface area contributed by atoms with Crippen LogP contribution in [-0.2, 0) is 0 Å². The highest BCUT2D eigenvalue weighted by molar-refractivity contribution is 5.98. The highest BCUT2D eigenvalue weighted by atomic mass is 16.1. The Kier molecular flexibility index (Phi) is 3.70. The number of imidazole rings is 1. The zero-order valence-corrected chi connectivity index (χ0v) is 16.0. The number of rotatable bonds is 3. The van der Waals surface area contributed by atoms with E-state index >= 15 is 0 Å². The molecule has 6 heterocycles. The molecular weight excluding hydrogens is 364 g/mol. The molecule has 3 aromatic heterocycles. The first-order valence-electron chi connectivity index (χ1n) is 10.2. The zero-order chi connectivity index (χ0) is 19.4. The predicted octanol–water partition coefficient (Wildman–Crippen LogP) is 2.97. The number of aromatic nitrogens is 4. The number of piperidine rings is 3. The smallest absolute Gasteiger partial charge is 0.261 e. The second-order valence-electron chi connectivity index (χ2n) is 8.12.